The maximum Gasteiger partial charge on any atom is 0.251 e. The summed E-state index contributed by atoms with van der Waals surface area (Å²) in [5.74, 6) is -0.303. The van der Waals surface area contributed by atoms with Gasteiger partial charge in [-0.05, 0) is 55.7 Å². The third-order valence-electron chi connectivity index (χ3n) is 4.35. The van der Waals surface area contributed by atoms with Crippen molar-refractivity contribution < 1.29 is 13.2 Å². The summed E-state index contributed by atoms with van der Waals surface area (Å²) >= 11 is 0. The molecule has 1 atom stereocenters. The summed E-state index contributed by atoms with van der Waals surface area (Å²) in [6, 6.07) is 9.68. The SMILES string of the molecule is CC(NC(=O)c1cccc(S(=O)(=O)N2CCCC2)c1)c1ccncc1. The Morgan fingerprint density at radius 1 is 1.16 bits per heavy atom. The molecule has 0 bridgehead atoms. The topological polar surface area (TPSA) is 79.4 Å². The number of hydrogen-bond acceptors (Lipinski definition) is 4. The number of carbonyl (C=O) groups is 1. The van der Waals surface area contributed by atoms with Crippen molar-refractivity contribution >= 4 is 15.9 Å². The van der Waals surface area contributed by atoms with Crippen molar-refractivity contribution in [2.75, 3.05) is 13.1 Å². The fourth-order valence-electron chi connectivity index (χ4n) is 2.89. The van der Waals surface area contributed by atoms with Gasteiger partial charge in [0.05, 0.1) is 10.9 Å². The number of rotatable bonds is 5. The summed E-state index contributed by atoms with van der Waals surface area (Å²) in [4.78, 5) is 16.6. The molecular formula is C18H21N3O3S. The summed E-state index contributed by atoms with van der Waals surface area (Å²) in [5, 5.41) is 2.89. The largest absolute Gasteiger partial charge is 0.346 e. The van der Waals surface area contributed by atoms with Gasteiger partial charge in [-0.3, -0.25) is 9.78 Å². The van der Waals surface area contributed by atoms with E-state index in [1.54, 1.807) is 24.5 Å². The van der Waals surface area contributed by atoms with Crippen LogP contribution >= 0.6 is 0 Å². The van der Waals surface area contributed by atoms with Crippen molar-refractivity contribution in [2.45, 2.75) is 30.7 Å². The first-order valence-corrected chi connectivity index (χ1v) is 9.73. The molecule has 1 amide bonds. The van der Waals surface area contributed by atoms with E-state index in [4.69, 9.17) is 0 Å². The van der Waals surface area contributed by atoms with Crippen LogP contribution in [0, 0.1) is 0 Å². The fraction of sp³-hybridized carbons (Fsp3) is 0.333. The Kier molecular flexibility index (Phi) is 5.15. The predicted molar refractivity (Wildman–Crippen MR) is 94.6 cm³/mol. The quantitative estimate of drug-likeness (QED) is 0.889. The summed E-state index contributed by atoms with van der Waals surface area (Å²) in [5.41, 5.74) is 1.27. The molecule has 2 heterocycles. The van der Waals surface area contributed by atoms with Crippen LogP contribution in [0.2, 0.25) is 0 Å². The van der Waals surface area contributed by atoms with Crippen LogP contribution in [-0.4, -0.2) is 36.7 Å². The molecule has 3 rings (SSSR count). The highest BCUT2D eigenvalue weighted by atomic mass is 32.2. The van der Waals surface area contributed by atoms with Gasteiger partial charge in [-0.2, -0.15) is 4.31 Å². The van der Waals surface area contributed by atoms with Crippen LogP contribution in [0.15, 0.2) is 53.7 Å². The molecule has 0 spiro atoms. The van der Waals surface area contributed by atoms with Gasteiger partial charge < -0.3 is 5.32 Å². The lowest BCUT2D eigenvalue weighted by molar-refractivity contribution is 0.0939. The number of pyridine rings is 1. The molecule has 1 fully saturated rings. The van der Waals surface area contributed by atoms with Gasteiger partial charge >= 0.3 is 0 Å². The first-order valence-electron chi connectivity index (χ1n) is 8.29. The van der Waals surface area contributed by atoms with E-state index >= 15 is 0 Å². The van der Waals surface area contributed by atoms with E-state index in [2.05, 4.69) is 10.3 Å². The van der Waals surface area contributed by atoms with Gasteiger partial charge in [-0.1, -0.05) is 6.07 Å². The van der Waals surface area contributed by atoms with Crippen LogP contribution in [0.5, 0.6) is 0 Å². The molecule has 0 saturated carbocycles. The minimum absolute atomic E-state index is 0.165. The summed E-state index contributed by atoms with van der Waals surface area (Å²) in [6.45, 7) is 2.95. The Labute approximate surface area is 147 Å². The van der Waals surface area contributed by atoms with Crippen molar-refractivity contribution in [3.8, 4) is 0 Å². The molecule has 1 aliphatic heterocycles. The molecule has 0 radical (unpaired) electrons. The van der Waals surface area contributed by atoms with Gasteiger partial charge in [-0.15, -0.1) is 0 Å². The number of aromatic nitrogens is 1. The molecule has 1 saturated heterocycles. The number of benzene rings is 1. The van der Waals surface area contributed by atoms with Gasteiger partial charge in [0.1, 0.15) is 0 Å². The number of carbonyl (C=O) groups excluding carboxylic acids is 1. The minimum Gasteiger partial charge on any atom is -0.346 e. The van der Waals surface area contributed by atoms with Crippen LogP contribution in [0.3, 0.4) is 0 Å². The molecule has 7 heteroatoms. The molecule has 1 aromatic carbocycles. The molecule has 1 unspecified atom stereocenters. The van der Waals surface area contributed by atoms with Crippen molar-refractivity contribution in [2.24, 2.45) is 0 Å². The smallest absolute Gasteiger partial charge is 0.251 e. The molecule has 1 N–H and O–H groups in total. The number of sulfonamides is 1. The van der Waals surface area contributed by atoms with Gasteiger partial charge in [0, 0.05) is 31.0 Å². The minimum atomic E-state index is -3.53. The van der Waals surface area contributed by atoms with Gasteiger partial charge in [0.25, 0.3) is 5.91 Å². The molecule has 132 valence electrons. The first kappa shape index (κ1) is 17.6. The fourth-order valence-corrected chi connectivity index (χ4v) is 4.45. The van der Waals surface area contributed by atoms with Gasteiger partial charge in [0.2, 0.25) is 10.0 Å². The Morgan fingerprint density at radius 2 is 1.84 bits per heavy atom. The standard InChI is InChI=1S/C18H21N3O3S/c1-14(15-7-9-19-10-8-15)20-18(22)16-5-4-6-17(13-16)25(23,24)21-11-2-3-12-21/h4-10,13-14H,2-3,11-12H2,1H3,(H,20,22). The van der Waals surface area contributed by atoms with Crippen molar-refractivity contribution in [1.82, 2.24) is 14.6 Å². The zero-order valence-electron chi connectivity index (χ0n) is 14.1. The average molecular weight is 359 g/mol. The first-order chi connectivity index (χ1) is 12.0. The average Bonchev–Trinajstić information content (AvgIpc) is 3.18. The van der Waals surface area contributed by atoms with Crippen LogP contribution in [-0.2, 0) is 10.0 Å². The highest BCUT2D eigenvalue weighted by Gasteiger charge is 2.27. The van der Waals surface area contributed by atoms with Crippen LogP contribution in [0.4, 0.5) is 0 Å². The van der Waals surface area contributed by atoms with Crippen molar-refractivity contribution in [3.63, 3.8) is 0 Å². The third-order valence-corrected chi connectivity index (χ3v) is 6.25. The lowest BCUT2D eigenvalue weighted by Gasteiger charge is -2.17. The zero-order valence-corrected chi connectivity index (χ0v) is 14.9. The van der Waals surface area contributed by atoms with Crippen molar-refractivity contribution in [1.29, 1.82) is 0 Å². The van der Waals surface area contributed by atoms with Crippen LogP contribution in [0.1, 0.15) is 41.7 Å². The normalized spacial score (nSPS) is 16.5. The highest BCUT2D eigenvalue weighted by Crippen LogP contribution is 2.22. The lowest BCUT2D eigenvalue weighted by Crippen LogP contribution is -2.29. The second-order valence-corrected chi connectivity index (χ2v) is 8.05. The molecule has 6 nitrogen and oxygen atoms in total. The molecule has 0 aliphatic carbocycles. The number of nitrogens with zero attached hydrogens (tertiary/aromatic N) is 2. The molecule has 1 aromatic heterocycles. The Balaban J connectivity index is 1.78. The van der Waals surface area contributed by atoms with Gasteiger partial charge in [-0.25, -0.2) is 8.42 Å². The zero-order chi connectivity index (χ0) is 17.9. The number of amides is 1. The van der Waals surface area contributed by atoms with Crippen LogP contribution < -0.4 is 5.32 Å². The second kappa shape index (κ2) is 7.33. The molecule has 2 aromatic rings. The molecule has 1 aliphatic rings. The maximum atomic E-state index is 12.6. The Morgan fingerprint density at radius 3 is 2.52 bits per heavy atom. The summed E-state index contributed by atoms with van der Waals surface area (Å²) in [7, 11) is -3.53. The summed E-state index contributed by atoms with van der Waals surface area (Å²) < 4.78 is 26.8. The maximum absolute atomic E-state index is 12.6. The second-order valence-electron chi connectivity index (χ2n) is 6.11. The van der Waals surface area contributed by atoms with E-state index in [-0.39, 0.29) is 16.8 Å². The van der Waals surface area contributed by atoms with Crippen LogP contribution in [0.25, 0.3) is 0 Å². The van der Waals surface area contributed by atoms with E-state index in [0.717, 1.165) is 18.4 Å². The van der Waals surface area contributed by atoms with Crippen molar-refractivity contribution in [3.05, 3.63) is 59.9 Å². The lowest BCUT2D eigenvalue weighted by atomic mass is 10.1. The van der Waals surface area contributed by atoms with E-state index in [1.165, 1.54) is 16.4 Å². The molecular weight excluding hydrogens is 338 g/mol. The number of nitrogens with one attached hydrogen (secondary N) is 1. The highest BCUT2D eigenvalue weighted by molar-refractivity contribution is 7.89. The van der Waals surface area contributed by atoms with E-state index in [0.29, 0.717) is 18.7 Å². The van der Waals surface area contributed by atoms with E-state index < -0.39 is 10.0 Å². The monoisotopic (exact) mass is 359 g/mol. The Hall–Kier alpha value is -2.25. The molecule has 25 heavy (non-hydrogen) atoms. The summed E-state index contributed by atoms with van der Waals surface area (Å²) in [6.07, 6.45) is 5.09. The number of hydrogen-bond donors (Lipinski definition) is 1. The predicted octanol–water partition coefficient (Wildman–Crippen LogP) is 2.36. The van der Waals surface area contributed by atoms with E-state index in [9.17, 15) is 13.2 Å². The van der Waals surface area contributed by atoms with E-state index in [1.807, 2.05) is 19.1 Å². The Bertz CT molecular complexity index is 847. The van der Waals surface area contributed by atoms with Gasteiger partial charge in [0.15, 0.2) is 0 Å². The third kappa shape index (κ3) is 3.88.